The van der Waals surface area contributed by atoms with Crippen molar-refractivity contribution in [2.75, 3.05) is 0 Å². The van der Waals surface area contributed by atoms with Gasteiger partial charge in [-0.25, -0.2) is 15.0 Å². The van der Waals surface area contributed by atoms with Crippen LogP contribution < -0.4 is 4.74 Å². The predicted octanol–water partition coefficient (Wildman–Crippen LogP) is 11.8. The fourth-order valence-corrected chi connectivity index (χ4v) is 7.06. The first-order chi connectivity index (χ1) is 24.3. The van der Waals surface area contributed by atoms with E-state index in [4.69, 9.17) is 19.7 Å². The third-order valence-electron chi connectivity index (χ3n) is 9.51. The molecule has 0 amide bonds. The number of benzene rings is 8. The highest BCUT2D eigenvalue weighted by Gasteiger charge is 2.24. The molecule has 8 aromatic carbocycles. The van der Waals surface area contributed by atoms with E-state index in [0.717, 1.165) is 60.9 Å². The summed E-state index contributed by atoms with van der Waals surface area (Å²) in [5, 5.41) is 6.91. The van der Waals surface area contributed by atoms with E-state index in [2.05, 4.69) is 115 Å². The molecule has 2 heterocycles. The Balaban J connectivity index is 1.11. The normalized spacial score (nSPS) is 11.8. The zero-order chi connectivity index (χ0) is 32.3. The smallest absolute Gasteiger partial charge is 0.167 e. The summed E-state index contributed by atoms with van der Waals surface area (Å²) in [5.41, 5.74) is 7.37. The van der Waals surface area contributed by atoms with Crippen LogP contribution >= 0.6 is 0 Å². The molecule has 0 spiro atoms. The molecule has 1 aromatic heterocycles. The summed E-state index contributed by atoms with van der Waals surface area (Å²) in [4.78, 5) is 15.2. The standard InChI is InChI=1S/C45H27N3O/c1-3-8-28(9-4-1)29-14-16-30(17-15-29)31-18-24-36(25-19-31)44-46-43(35-10-5-2-6-11-35)47-45(48-44)37-27-26-34-23-22-33-21-20-32-12-7-13-38-39(32)40(33)41(34)42(37)49-38/h1-27H. The van der Waals surface area contributed by atoms with Gasteiger partial charge in [-0.2, -0.15) is 0 Å². The topological polar surface area (TPSA) is 47.9 Å². The van der Waals surface area contributed by atoms with Crippen molar-refractivity contribution >= 4 is 32.3 Å². The van der Waals surface area contributed by atoms with Gasteiger partial charge in [-0.1, -0.05) is 152 Å². The second-order valence-electron chi connectivity index (χ2n) is 12.4. The molecule has 0 saturated carbocycles. The van der Waals surface area contributed by atoms with E-state index in [0.29, 0.717) is 17.5 Å². The largest absolute Gasteiger partial charge is 0.455 e. The van der Waals surface area contributed by atoms with Gasteiger partial charge in [0.15, 0.2) is 17.5 Å². The van der Waals surface area contributed by atoms with Gasteiger partial charge in [0.2, 0.25) is 0 Å². The van der Waals surface area contributed by atoms with Crippen molar-refractivity contribution in [1.82, 2.24) is 15.0 Å². The van der Waals surface area contributed by atoms with Crippen LogP contribution in [0.15, 0.2) is 164 Å². The van der Waals surface area contributed by atoms with Gasteiger partial charge >= 0.3 is 0 Å². The number of rotatable bonds is 5. The van der Waals surface area contributed by atoms with Gasteiger partial charge in [0.1, 0.15) is 11.5 Å². The molecule has 0 bridgehead atoms. The number of hydrogen-bond donors (Lipinski definition) is 0. The molecule has 0 fully saturated rings. The molecule has 4 heteroatoms. The van der Waals surface area contributed by atoms with Crippen molar-refractivity contribution in [2.24, 2.45) is 0 Å². The summed E-state index contributed by atoms with van der Waals surface area (Å²) >= 11 is 0. The molecule has 10 rings (SSSR count). The van der Waals surface area contributed by atoms with Gasteiger partial charge in [0.05, 0.1) is 5.56 Å². The van der Waals surface area contributed by atoms with Crippen molar-refractivity contribution in [1.29, 1.82) is 0 Å². The van der Waals surface area contributed by atoms with Crippen molar-refractivity contribution in [3.8, 4) is 67.9 Å². The summed E-state index contributed by atoms with van der Waals surface area (Å²) in [6, 6.07) is 56.9. The molecule has 0 atom stereocenters. The van der Waals surface area contributed by atoms with Gasteiger partial charge in [0, 0.05) is 27.3 Å². The van der Waals surface area contributed by atoms with Crippen molar-refractivity contribution in [2.45, 2.75) is 0 Å². The fourth-order valence-electron chi connectivity index (χ4n) is 7.06. The van der Waals surface area contributed by atoms with E-state index in [9.17, 15) is 0 Å². The maximum absolute atomic E-state index is 6.76. The van der Waals surface area contributed by atoms with Crippen molar-refractivity contribution in [3.05, 3.63) is 164 Å². The van der Waals surface area contributed by atoms with Gasteiger partial charge in [0.25, 0.3) is 0 Å². The third-order valence-corrected chi connectivity index (χ3v) is 9.51. The highest BCUT2D eigenvalue weighted by molar-refractivity contribution is 6.26. The molecule has 0 aliphatic carbocycles. The molecule has 1 aliphatic heterocycles. The minimum absolute atomic E-state index is 0.574. The Morgan fingerprint density at radius 1 is 0.306 bits per heavy atom. The Bertz CT molecular complexity index is 2700. The number of aromatic nitrogens is 3. The second-order valence-corrected chi connectivity index (χ2v) is 12.4. The lowest BCUT2D eigenvalue weighted by atomic mass is 9.92. The quantitative estimate of drug-likeness (QED) is 0.179. The maximum Gasteiger partial charge on any atom is 0.167 e. The van der Waals surface area contributed by atoms with Crippen LogP contribution in [0.4, 0.5) is 0 Å². The Hall–Kier alpha value is -6.65. The lowest BCUT2D eigenvalue weighted by Crippen LogP contribution is -2.03. The van der Waals surface area contributed by atoms with E-state index < -0.39 is 0 Å². The average Bonchev–Trinajstić information content (AvgIpc) is 3.18. The van der Waals surface area contributed by atoms with E-state index >= 15 is 0 Å². The number of hydrogen-bond acceptors (Lipinski definition) is 4. The summed E-state index contributed by atoms with van der Waals surface area (Å²) in [6.45, 7) is 0. The summed E-state index contributed by atoms with van der Waals surface area (Å²) in [7, 11) is 0. The maximum atomic E-state index is 6.76. The zero-order valence-electron chi connectivity index (χ0n) is 26.3. The minimum Gasteiger partial charge on any atom is -0.455 e. The first-order valence-electron chi connectivity index (χ1n) is 16.4. The Kier molecular flexibility index (Phi) is 6.15. The summed E-state index contributed by atoms with van der Waals surface area (Å²) in [5.74, 6) is 3.42. The Morgan fingerprint density at radius 3 is 1.37 bits per heavy atom. The van der Waals surface area contributed by atoms with Gasteiger partial charge in [-0.05, 0) is 50.5 Å². The van der Waals surface area contributed by atoms with Crippen LogP contribution in [0, 0.1) is 0 Å². The first-order valence-corrected chi connectivity index (χ1v) is 16.4. The molecule has 0 radical (unpaired) electrons. The van der Waals surface area contributed by atoms with E-state index in [1.807, 2.05) is 48.5 Å². The molecule has 9 aromatic rings. The van der Waals surface area contributed by atoms with E-state index in [1.165, 1.54) is 21.9 Å². The average molecular weight is 626 g/mol. The SMILES string of the molecule is c1ccc(-c2ccc(-c3ccc(-c4nc(-c5ccccc5)nc(-c5ccc6ccc7ccc8cccc9c8c7c6c5O9)n4)cc3)cc2)cc1. The molecule has 4 nitrogen and oxygen atoms in total. The Labute approximate surface area is 283 Å². The number of ether oxygens (including phenoxy) is 1. The van der Waals surface area contributed by atoms with Crippen molar-refractivity contribution < 1.29 is 4.74 Å². The predicted molar refractivity (Wildman–Crippen MR) is 200 cm³/mol. The summed E-state index contributed by atoms with van der Waals surface area (Å²) in [6.07, 6.45) is 0. The fraction of sp³-hybridized carbons (Fsp3) is 0. The molecule has 0 saturated heterocycles. The van der Waals surface area contributed by atoms with Crippen LogP contribution in [0.2, 0.25) is 0 Å². The number of nitrogens with zero attached hydrogens (tertiary/aromatic N) is 3. The zero-order valence-corrected chi connectivity index (χ0v) is 26.3. The molecule has 49 heavy (non-hydrogen) atoms. The minimum atomic E-state index is 0.574. The highest BCUT2D eigenvalue weighted by Crippen LogP contribution is 2.50. The van der Waals surface area contributed by atoms with Crippen LogP contribution in [0.5, 0.6) is 11.5 Å². The van der Waals surface area contributed by atoms with E-state index in [1.54, 1.807) is 0 Å². The van der Waals surface area contributed by atoms with Crippen LogP contribution in [-0.2, 0) is 0 Å². The van der Waals surface area contributed by atoms with Gasteiger partial charge < -0.3 is 4.74 Å². The molecule has 1 aliphatic rings. The van der Waals surface area contributed by atoms with Gasteiger partial charge in [-0.3, -0.25) is 0 Å². The lowest BCUT2D eigenvalue weighted by molar-refractivity contribution is 0.494. The van der Waals surface area contributed by atoms with Crippen LogP contribution in [0.3, 0.4) is 0 Å². The van der Waals surface area contributed by atoms with Gasteiger partial charge in [-0.15, -0.1) is 0 Å². The molecular weight excluding hydrogens is 599 g/mol. The van der Waals surface area contributed by atoms with Crippen LogP contribution in [0.1, 0.15) is 0 Å². The summed E-state index contributed by atoms with van der Waals surface area (Å²) < 4.78 is 6.76. The van der Waals surface area contributed by atoms with Crippen molar-refractivity contribution in [3.63, 3.8) is 0 Å². The first kappa shape index (κ1) is 27.5. The Morgan fingerprint density at radius 2 is 0.755 bits per heavy atom. The second kappa shape index (κ2) is 11.0. The molecule has 0 unspecified atom stereocenters. The van der Waals surface area contributed by atoms with Crippen LogP contribution in [-0.4, -0.2) is 15.0 Å². The van der Waals surface area contributed by atoms with E-state index in [-0.39, 0.29) is 0 Å². The van der Waals surface area contributed by atoms with Crippen LogP contribution in [0.25, 0.3) is 88.7 Å². The monoisotopic (exact) mass is 625 g/mol. The molecule has 228 valence electrons. The lowest BCUT2D eigenvalue weighted by Gasteiger charge is -2.22. The third kappa shape index (κ3) is 4.57. The highest BCUT2D eigenvalue weighted by atomic mass is 16.5. The molecular formula is C45H27N3O. The molecule has 0 N–H and O–H groups in total.